The Morgan fingerprint density at radius 3 is 2.72 bits per heavy atom. The Morgan fingerprint density at radius 1 is 1.50 bits per heavy atom. The molecule has 1 amide bonds. The van der Waals surface area contributed by atoms with Gasteiger partial charge in [0.25, 0.3) is 5.91 Å². The molecule has 1 unspecified atom stereocenters. The summed E-state index contributed by atoms with van der Waals surface area (Å²) >= 11 is 3.24. The van der Waals surface area contributed by atoms with E-state index in [9.17, 15) is 9.59 Å². The number of amides is 1. The summed E-state index contributed by atoms with van der Waals surface area (Å²) < 4.78 is 5.78. The van der Waals surface area contributed by atoms with Crippen LogP contribution in [0, 0.1) is 0 Å². The molecule has 0 aliphatic rings. The van der Waals surface area contributed by atoms with Gasteiger partial charge in [-0.05, 0) is 18.2 Å². The van der Waals surface area contributed by atoms with Crippen molar-refractivity contribution in [1.29, 1.82) is 0 Å². The number of carbonyl (C=O) groups excluding carboxylic acids is 1. The Morgan fingerprint density at radius 2 is 2.17 bits per heavy atom. The van der Waals surface area contributed by atoms with E-state index in [0.29, 0.717) is 5.75 Å². The first-order valence-electron chi connectivity index (χ1n) is 4.98. The SMILES string of the molecule is COc1cc(Br)ccc1C(=O)NCC(O)C(=O)O. The Balaban J connectivity index is 2.75. The number of aliphatic hydroxyl groups excluding tert-OH is 1. The molecule has 6 nitrogen and oxygen atoms in total. The molecule has 1 rings (SSSR count). The van der Waals surface area contributed by atoms with E-state index in [1.807, 2.05) is 0 Å². The second-order valence-corrected chi connectivity index (χ2v) is 4.32. The first-order valence-corrected chi connectivity index (χ1v) is 5.77. The molecule has 18 heavy (non-hydrogen) atoms. The Kier molecular flexibility index (Phi) is 5.11. The van der Waals surface area contributed by atoms with Crippen molar-refractivity contribution in [1.82, 2.24) is 5.32 Å². The highest BCUT2D eigenvalue weighted by Crippen LogP contribution is 2.23. The summed E-state index contributed by atoms with van der Waals surface area (Å²) in [6.45, 7) is -0.368. The van der Waals surface area contributed by atoms with Gasteiger partial charge >= 0.3 is 5.97 Å². The van der Waals surface area contributed by atoms with Gasteiger partial charge in [0.2, 0.25) is 0 Å². The third-order valence-electron chi connectivity index (χ3n) is 2.15. The average molecular weight is 318 g/mol. The average Bonchev–Trinajstić information content (AvgIpc) is 2.34. The molecule has 0 fully saturated rings. The minimum atomic E-state index is -1.63. The molecular formula is C11H12BrNO5. The number of ether oxygens (including phenoxy) is 1. The number of aliphatic carboxylic acids is 1. The lowest BCUT2D eigenvalue weighted by molar-refractivity contribution is -0.146. The first kappa shape index (κ1) is 14.5. The number of rotatable bonds is 5. The van der Waals surface area contributed by atoms with E-state index in [1.54, 1.807) is 12.1 Å². The van der Waals surface area contributed by atoms with Crippen molar-refractivity contribution in [2.24, 2.45) is 0 Å². The number of carboxylic acids is 1. The van der Waals surface area contributed by atoms with Crippen LogP contribution in [0.5, 0.6) is 5.75 Å². The maximum atomic E-state index is 11.8. The first-order chi connectivity index (χ1) is 8.45. The summed E-state index contributed by atoms with van der Waals surface area (Å²) in [5, 5.41) is 19.8. The molecule has 0 spiro atoms. The number of carbonyl (C=O) groups is 2. The Hall–Kier alpha value is -1.60. The number of nitrogens with one attached hydrogen (secondary N) is 1. The van der Waals surface area contributed by atoms with Crippen molar-refractivity contribution in [3.05, 3.63) is 28.2 Å². The van der Waals surface area contributed by atoms with Gasteiger partial charge in [-0.15, -0.1) is 0 Å². The minimum Gasteiger partial charge on any atom is -0.496 e. The number of aliphatic hydroxyl groups is 1. The summed E-state index contributed by atoms with van der Waals surface area (Å²) in [4.78, 5) is 22.1. The smallest absolute Gasteiger partial charge is 0.334 e. The Labute approximate surface area is 112 Å². The number of benzene rings is 1. The van der Waals surface area contributed by atoms with Gasteiger partial charge in [-0.3, -0.25) is 4.79 Å². The quantitative estimate of drug-likeness (QED) is 0.740. The third kappa shape index (κ3) is 3.71. The standard InChI is InChI=1S/C11H12BrNO5/c1-18-9-4-6(12)2-3-7(9)10(15)13-5-8(14)11(16)17/h2-4,8,14H,5H2,1H3,(H,13,15)(H,16,17). The summed E-state index contributed by atoms with van der Waals surface area (Å²) in [5.74, 6) is -1.55. The van der Waals surface area contributed by atoms with Gasteiger partial charge in [-0.1, -0.05) is 15.9 Å². The summed E-state index contributed by atoms with van der Waals surface area (Å²) in [5.41, 5.74) is 0.262. The van der Waals surface area contributed by atoms with Crippen molar-refractivity contribution in [3.63, 3.8) is 0 Å². The molecular weight excluding hydrogens is 306 g/mol. The fraction of sp³-hybridized carbons (Fsp3) is 0.273. The van der Waals surface area contributed by atoms with Gasteiger partial charge < -0.3 is 20.3 Å². The maximum absolute atomic E-state index is 11.8. The molecule has 7 heteroatoms. The molecule has 0 saturated carbocycles. The van der Waals surface area contributed by atoms with E-state index in [4.69, 9.17) is 14.9 Å². The van der Waals surface area contributed by atoms with Crippen LogP contribution in [0.15, 0.2) is 22.7 Å². The predicted octanol–water partition coefficient (Wildman–Crippen LogP) is 0.633. The van der Waals surface area contributed by atoms with Crippen molar-refractivity contribution in [2.75, 3.05) is 13.7 Å². The highest BCUT2D eigenvalue weighted by Gasteiger charge is 2.17. The van der Waals surface area contributed by atoms with Crippen LogP contribution < -0.4 is 10.1 Å². The molecule has 1 aromatic rings. The van der Waals surface area contributed by atoms with Crippen LogP contribution in [0.2, 0.25) is 0 Å². The van der Waals surface area contributed by atoms with Gasteiger partial charge in [0.05, 0.1) is 19.2 Å². The fourth-order valence-electron chi connectivity index (χ4n) is 1.22. The normalized spacial score (nSPS) is 11.7. The lowest BCUT2D eigenvalue weighted by atomic mass is 10.2. The topological polar surface area (TPSA) is 95.9 Å². The van der Waals surface area contributed by atoms with Gasteiger partial charge in [0.1, 0.15) is 5.75 Å². The molecule has 0 radical (unpaired) electrons. The van der Waals surface area contributed by atoms with E-state index in [1.165, 1.54) is 13.2 Å². The molecule has 98 valence electrons. The van der Waals surface area contributed by atoms with Crippen LogP contribution in [0.4, 0.5) is 0 Å². The molecule has 0 aliphatic carbocycles. The number of halogens is 1. The van der Waals surface area contributed by atoms with Crippen LogP contribution in [-0.4, -0.2) is 41.8 Å². The summed E-state index contributed by atoms with van der Waals surface area (Å²) in [6, 6.07) is 4.80. The second kappa shape index (κ2) is 6.36. The monoisotopic (exact) mass is 317 g/mol. The van der Waals surface area contributed by atoms with Gasteiger partial charge in [-0.2, -0.15) is 0 Å². The van der Waals surface area contributed by atoms with Gasteiger partial charge in [0, 0.05) is 4.47 Å². The van der Waals surface area contributed by atoms with Crippen LogP contribution >= 0.6 is 15.9 Å². The summed E-state index contributed by atoms with van der Waals surface area (Å²) in [6.07, 6.45) is -1.63. The zero-order valence-electron chi connectivity index (χ0n) is 9.51. The van der Waals surface area contributed by atoms with E-state index in [-0.39, 0.29) is 12.1 Å². The van der Waals surface area contributed by atoms with Crippen molar-refractivity contribution >= 4 is 27.8 Å². The second-order valence-electron chi connectivity index (χ2n) is 3.41. The molecule has 0 aromatic heterocycles. The van der Waals surface area contributed by atoms with Gasteiger partial charge in [0.15, 0.2) is 6.10 Å². The van der Waals surface area contributed by atoms with Crippen molar-refractivity contribution < 1.29 is 24.5 Å². The largest absolute Gasteiger partial charge is 0.496 e. The summed E-state index contributed by atoms with van der Waals surface area (Å²) in [7, 11) is 1.42. The Bertz CT molecular complexity index is 463. The molecule has 0 heterocycles. The van der Waals surface area contributed by atoms with Crippen LogP contribution in [-0.2, 0) is 4.79 Å². The highest BCUT2D eigenvalue weighted by atomic mass is 79.9. The fourth-order valence-corrected chi connectivity index (χ4v) is 1.56. The van der Waals surface area contributed by atoms with Crippen LogP contribution in [0.25, 0.3) is 0 Å². The number of hydrogen-bond acceptors (Lipinski definition) is 4. The number of hydrogen-bond donors (Lipinski definition) is 3. The zero-order chi connectivity index (χ0) is 13.7. The van der Waals surface area contributed by atoms with Gasteiger partial charge in [-0.25, -0.2) is 4.79 Å². The lowest BCUT2D eigenvalue weighted by Crippen LogP contribution is -2.36. The molecule has 1 atom stereocenters. The maximum Gasteiger partial charge on any atom is 0.334 e. The molecule has 1 aromatic carbocycles. The molecule has 0 aliphatic heterocycles. The van der Waals surface area contributed by atoms with E-state index in [0.717, 1.165) is 4.47 Å². The molecule has 0 saturated heterocycles. The van der Waals surface area contributed by atoms with Crippen molar-refractivity contribution in [3.8, 4) is 5.75 Å². The molecule has 3 N–H and O–H groups in total. The highest BCUT2D eigenvalue weighted by molar-refractivity contribution is 9.10. The van der Waals surface area contributed by atoms with Crippen molar-refractivity contribution in [2.45, 2.75) is 6.10 Å². The van der Waals surface area contributed by atoms with E-state index < -0.39 is 18.0 Å². The minimum absolute atomic E-state index is 0.262. The predicted molar refractivity (Wildman–Crippen MR) is 66.7 cm³/mol. The number of carboxylic acid groups (broad SMARTS) is 1. The number of methoxy groups -OCH3 is 1. The lowest BCUT2D eigenvalue weighted by Gasteiger charge is -2.11. The van der Waals surface area contributed by atoms with Crippen LogP contribution in [0.3, 0.4) is 0 Å². The van der Waals surface area contributed by atoms with E-state index in [2.05, 4.69) is 21.2 Å². The van der Waals surface area contributed by atoms with E-state index >= 15 is 0 Å². The van der Waals surface area contributed by atoms with Crippen LogP contribution in [0.1, 0.15) is 10.4 Å². The zero-order valence-corrected chi connectivity index (χ0v) is 11.1. The molecule has 0 bridgehead atoms. The third-order valence-corrected chi connectivity index (χ3v) is 2.64.